The van der Waals surface area contributed by atoms with E-state index in [2.05, 4.69) is 4.72 Å². The SMILES string of the molecule is Nc1ccc(NS(=O)(=O)c2ccc3c(c2)CCCC3)cc1[N+](=O)[O-]. The first kappa shape index (κ1) is 16.3. The summed E-state index contributed by atoms with van der Waals surface area (Å²) in [7, 11) is -3.82. The third-order valence-electron chi connectivity index (χ3n) is 4.11. The lowest BCUT2D eigenvalue weighted by Gasteiger charge is -2.17. The van der Waals surface area contributed by atoms with Gasteiger partial charge >= 0.3 is 0 Å². The molecule has 1 aliphatic carbocycles. The lowest BCUT2D eigenvalue weighted by atomic mass is 9.92. The van der Waals surface area contributed by atoms with E-state index in [0.29, 0.717) is 0 Å². The largest absolute Gasteiger partial charge is 0.393 e. The summed E-state index contributed by atoms with van der Waals surface area (Å²) in [5.41, 5.74) is 7.51. The van der Waals surface area contributed by atoms with Crippen LogP contribution in [0.25, 0.3) is 0 Å². The van der Waals surface area contributed by atoms with Crippen molar-refractivity contribution in [2.24, 2.45) is 0 Å². The molecular formula is C16H17N3O4S. The second-order valence-electron chi connectivity index (χ2n) is 5.77. The maximum Gasteiger partial charge on any atom is 0.294 e. The Morgan fingerprint density at radius 2 is 1.75 bits per heavy atom. The molecule has 0 fully saturated rings. The van der Waals surface area contributed by atoms with Crippen molar-refractivity contribution in [1.29, 1.82) is 0 Å². The van der Waals surface area contributed by atoms with Gasteiger partial charge < -0.3 is 5.73 Å². The van der Waals surface area contributed by atoms with Gasteiger partial charge in [0.2, 0.25) is 0 Å². The fraction of sp³-hybridized carbons (Fsp3) is 0.250. The summed E-state index contributed by atoms with van der Waals surface area (Å²) >= 11 is 0. The monoisotopic (exact) mass is 347 g/mol. The molecule has 2 aromatic carbocycles. The first-order chi connectivity index (χ1) is 11.4. The Kier molecular flexibility index (Phi) is 4.15. The van der Waals surface area contributed by atoms with Gasteiger partial charge in [0.25, 0.3) is 15.7 Å². The second kappa shape index (κ2) is 6.12. The van der Waals surface area contributed by atoms with Crippen LogP contribution >= 0.6 is 0 Å². The van der Waals surface area contributed by atoms with E-state index in [1.54, 1.807) is 12.1 Å². The predicted octanol–water partition coefficient (Wildman–Crippen LogP) is 2.86. The molecule has 0 heterocycles. The minimum absolute atomic E-state index is 0.0169. The average molecular weight is 347 g/mol. The number of benzene rings is 2. The summed E-state index contributed by atoms with van der Waals surface area (Å²) in [6.45, 7) is 0. The Morgan fingerprint density at radius 3 is 2.46 bits per heavy atom. The lowest BCUT2D eigenvalue weighted by Crippen LogP contribution is -2.14. The van der Waals surface area contributed by atoms with Crippen molar-refractivity contribution in [2.45, 2.75) is 30.6 Å². The van der Waals surface area contributed by atoms with Gasteiger partial charge in [-0.2, -0.15) is 0 Å². The Labute approximate surface area is 139 Å². The van der Waals surface area contributed by atoms with Crippen molar-refractivity contribution >= 4 is 27.1 Å². The van der Waals surface area contributed by atoms with Crippen LogP contribution in [0.15, 0.2) is 41.3 Å². The molecule has 0 atom stereocenters. The summed E-state index contributed by atoms with van der Waals surface area (Å²) in [6, 6.07) is 8.92. The first-order valence-corrected chi connectivity index (χ1v) is 9.04. The number of fused-ring (bicyclic) bond motifs is 1. The van der Waals surface area contributed by atoms with Crippen LogP contribution in [0.5, 0.6) is 0 Å². The summed E-state index contributed by atoms with van der Waals surface area (Å²) < 4.78 is 27.5. The van der Waals surface area contributed by atoms with Crippen LogP contribution in [0, 0.1) is 10.1 Å². The van der Waals surface area contributed by atoms with Crippen LogP contribution in [0.3, 0.4) is 0 Å². The fourth-order valence-electron chi connectivity index (χ4n) is 2.86. The zero-order valence-electron chi connectivity index (χ0n) is 12.9. The molecule has 7 nitrogen and oxygen atoms in total. The van der Waals surface area contributed by atoms with E-state index in [-0.39, 0.29) is 22.0 Å². The molecule has 0 radical (unpaired) electrons. The van der Waals surface area contributed by atoms with Crippen LogP contribution in [-0.2, 0) is 22.9 Å². The van der Waals surface area contributed by atoms with E-state index in [1.165, 1.54) is 17.7 Å². The number of hydrogen-bond donors (Lipinski definition) is 2. The molecule has 0 saturated heterocycles. The number of nitro benzene ring substituents is 1. The van der Waals surface area contributed by atoms with Gasteiger partial charge in [-0.25, -0.2) is 8.42 Å². The molecule has 0 aliphatic heterocycles. The maximum atomic E-state index is 12.5. The van der Waals surface area contributed by atoms with Crippen molar-refractivity contribution in [3.05, 3.63) is 57.6 Å². The number of anilines is 2. The molecule has 0 amide bonds. The number of nitro groups is 1. The molecule has 0 aromatic heterocycles. The lowest BCUT2D eigenvalue weighted by molar-refractivity contribution is -0.383. The zero-order chi connectivity index (χ0) is 17.3. The van der Waals surface area contributed by atoms with Crippen LogP contribution < -0.4 is 10.5 Å². The maximum absolute atomic E-state index is 12.5. The Hall–Kier alpha value is -2.61. The number of nitrogens with two attached hydrogens (primary N) is 1. The third kappa shape index (κ3) is 3.18. The summed E-state index contributed by atoms with van der Waals surface area (Å²) in [4.78, 5) is 10.4. The highest BCUT2D eigenvalue weighted by atomic mass is 32.2. The van der Waals surface area contributed by atoms with Crippen LogP contribution in [0.4, 0.5) is 17.1 Å². The molecule has 2 aromatic rings. The highest BCUT2D eigenvalue weighted by Gasteiger charge is 2.19. The molecule has 126 valence electrons. The molecule has 3 N–H and O–H groups in total. The molecule has 0 bridgehead atoms. The molecule has 0 unspecified atom stereocenters. The van der Waals surface area contributed by atoms with Crippen molar-refractivity contribution in [1.82, 2.24) is 0 Å². The summed E-state index contributed by atoms with van der Waals surface area (Å²) in [5.74, 6) is 0. The van der Waals surface area contributed by atoms with Gasteiger partial charge in [0.15, 0.2) is 0 Å². The quantitative estimate of drug-likeness (QED) is 0.501. The van der Waals surface area contributed by atoms with Crippen LogP contribution in [0.2, 0.25) is 0 Å². The van der Waals surface area contributed by atoms with Crippen LogP contribution in [-0.4, -0.2) is 13.3 Å². The molecular weight excluding hydrogens is 330 g/mol. The highest BCUT2D eigenvalue weighted by molar-refractivity contribution is 7.92. The number of nitrogen functional groups attached to an aromatic ring is 1. The smallest absolute Gasteiger partial charge is 0.294 e. The number of nitrogens with one attached hydrogen (secondary N) is 1. The minimum atomic E-state index is -3.82. The van der Waals surface area contributed by atoms with Gasteiger partial charge in [-0.1, -0.05) is 6.07 Å². The molecule has 1 aliphatic rings. The Balaban J connectivity index is 1.92. The topological polar surface area (TPSA) is 115 Å². The summed E-state index contributed by atoms with van der Waals surface area (Å²) in [5, 5.41) is 10.9. The molecule has 0 spiro atoms. The van der Waals surface area contributed by atoms with Gasteiger partial charge in [-0.15, -0.1) is 0 Å². The molecule has 8 heteroatoms. The highest BCUT2D eigenvalue weighted by Crippen LogP contribution is 2.28. The average Bonchev–Trinajstić information content (AvgIpc) is 2.55. The van der Waals surface area contributed by atoms with Gasteiger partial charge in [0.1, 0.15) is 5.69 Å². The Bertz CT molecular complexity index is 910. The number of hydrogen-bond acceptors (Lipinski definition) is 5. The Morgan fingerprint density at radius 1 is 1.04 bits per heavy atom. The van der Waals surface area contributed by atoms with Crippen molar-refractivity contribution < 1.29 is 13.3 Å². The van der Waals surface area contributed by atoms with E-state index in [0.717, 1.165) is 37.3 Å². The van der Waals surface area contributed by atoms with E-state index in [1.807, 2.05) is 6.07 Å². The van der Waals surface area contributed by atoms with Crippen molar-refractivity contribution in [3.8, 4) is 0 Å². The fourth-order valence-corrected chi connectivity index (χ4v) is 3.96. The van der Waals surface area contributed by atoms with E-state index >= 15 is 0 Å². The number of aryl methyl sites for hydroxylation is 2. The molecule has 0 saturated carbocycles. The van der Waals surface area contributed by atoms with E-state index < -0.39 is 14.9 Å². The molecule has 3 rings (SSSR count). The normalized spacial score (nSPS) is 14.0. The standard InChI is InChI=1S/C16H17N3O4S/c17-15-8-6-13(10-16(15)19(20)21)18-24(22,23)14-7-5-11-3-1-2-4-12(11)9-14/h5-10,18H,1-4,17H2. The number of rotatable bonds is 4. The minimum Gasteiger partial charge on any atom is -0.393 e. The molecule has 24 heavy (non-hydrogen) atoms. The third-order valence-corrected chi connectivity index (χ3v) is 5.49. The van der Waals surface area contributed by atoms with E-state index in [9.17, 15) is 18.5 Å². The second-order valence-corrected chi connectivity index (χ2v) is 7.46. The van der Waals surface area contributed by atoms with Gasteiger partial charge in [-0.3, -0.25) is 14.8 Å². The zero-order valence-corrected chi connectivity index (χ0v) is 13.7. The van der Waals surface area contributed by atoms with Gasteiger partial charge in [0, 0.05) is 6.07 Å². The predicted molar refractivity (Wildman–Crippen MR) is 91.4 cm³/mol. The van der Waals surface area contributed by atoms with Gasteiger partial charge in [-0.05, 0) is 61.1 Å². The van der Waals surface area contributed by atoms with Crippen molar-refractivity contribution in [3.63, 3.8) is 0 Å². The summed E-state index contributed by atoms with van der Waals surface area (Å²) in [6.07, 6.45) is 4.00. The van der Waals surface area contributed by atoms with Gasteiger partial charge in [0.05, 0.1) is 15.5 Å². The number of sulfonamides is 1. The van der Waals surface area contributed by atoms with E-state index in [4.69, 9.17) is 5.73 Å². The first-order valence-electron chi connectivity index (χ1n) is 7.55. The van der Waals surface area contributed by atoms with Crippen LogP contribution in [0.1, 0.15) is 24.0 Å². The number of nitrogens with zero attached hydrogens (tertiary/aromatic N) is 1. The van der Waals surface area contributed by atoms with Crippen molar-refractivity contribution in [2.75, 3.05) is 10.5 Å².